The van der Waals surface area contributed by atoms with Gasteiger partial charge in [0.05, 0.1) is 12.2 Å². The Hall–Kier alpha value is -2.17. The van der Waals surface area contributed by atoms with E-state index in [2.05, 4.69) is 15.6 Å². The molecule has 0 bridgehead atoms. The fourth-order valence-corrected chi connectivity index (χ4v) is 1.93. The summed E-state index contributed by atoms with van der Waals surface area (Å²) in [4.78, 5) is 11.9. The Morgan fingerprint density at radius 3 is 2.72 bits per heavy atom. The number of hydrogen-bond acceptors (Lipinski definition) is 3. The van der Waals surface area contributed by atoms with Crippen molar-refractivity contribution >= 4 is 11.6 Å². The number of carbonyl (C=O) groups is 1. The molecule has 0 aliphatic heterocycles. The second-order valence-corrected chi connectivity index (χ2v) is 4.49. The molecule has 0 saturated heterocycles. The van der Waals surface area contributed by atoms with E-state index in [0.29, 0.717) is 11.7 Å². The molecule has 0 atom stereocenters. The van der Waals surface area contributed by atoms with E-state index in [1.165, 1.54) is 6.42 Å². The Kier molecular flexibility index (Phi) is 2.80. The molecule has 1 aliphatic carbocycles. The van der Waals surface area contributed by atoms with Gasteiger partial charge in [-0.2, -0.15) is 0 Å². The third-order valence-electron chi connectivity index (χ3n) is 3.22. The summed E-state index contributed by atoms with van der Waals surface area (Å²) in [7, 11) is 0. The maximum atomic E-state index is 11.9. The first-order chi connectivity index (χ1) is 8.83. The zero-order valence-corrected chi connectivity index (χ0v) is 9.91. The second kappa shape index (κ2) is 4.60. The lowest BCUT2D eigenvalue weighted by Gasteiger charge is -2.24. The highest BCUT2D eigenvalue weighted by Gasteiger charge is 2.22. The summed E-state index contributed by atoms with van der Waals surface area (Å²) in [6.07, 6.45) is 5.21. The molecule has 1 amide bonds. The zero-order valence-electron chi connectivity index (χ0n) is 9.91. The number of aromatic nitrogens is 3. The van der Waals surface area contributed by atoms with Gasteiger partial charge >= 0.3 is 0 Å². The van der Waals surface area contributed by atoms with Crippen LogP contribution in [0.5, 0.6) is 0 Å². The van der Waals surface area contributed by atoms with Crippen molar-refractivity contribution in [2.75, 3.05) is 5.32 Å². The van der Waals surface area contributed by atoms with Crippen LogP contribution in [0.15, 0.2) is 36.5 Å². The van der Waals surface area contributed by atoms with Crippen molar-refractivity contribution in [2.45, 2.75) is 25.3 Å². The summed E-state index contributed by atoms with van der Waals surface area (Å²) in [5.41, 5.74) is 1.13. The number of anilines is 1. The fraction of sp³-hybridized carbons (Fsp3) is 0.308. The van der Waals surface area contributed by atoms with Gasteiger partial charge in [-0.15, -0.1) is 5.10 Å². The highest BCUT2D eigenvalue weighted by atomic mass is 16.2. The van der Waals surface area contributed by atoms with Crippen LogP contribution in [0, 0.1) is 0 Å². The smallest absolute Gasteiger partial charge is 0.277 e. The highest BCUT2D eigenvalue weighted by Crippen LogP contribution is 2.30. The average molecular weight is 242 g/mol. The maximum Gasteiger partial charge on any atom is 0.277 e. The normalized spacial score (nSPS) is 15.1. The molecule has 0 radical (unpaired) electrons. The molecule has 1 aromatic carbocycles. The van der Waals surface area contributed by atoms with E-state index < -0.39 is 0 Å². The van der Waals surface area contributed by atoms with Crippen molar-refractivity contribution in [3.05, 3.63) is 42.2 Å². The van der Waals surface area contributed by atoms with Crippen LogP contribution in [0.2, 0.25) is 0 Å². The molecule has 1 heterocycles. The molecule has 5 heteroatoms. The summed E-state index contributed by atoms with van der Waals surface area (Å²) in [5.74, 6) is -0.216. The number of amides is 1. The SMILES string of the molecule is O=C(Nc1ccccc1)c1cn(C2CCC2)nn1. The molecule has 0 unspecified atom stereocenters. The monoisotopic (exact) mass is 242 g/mol. The first-order valence-electron chi connectivity index (χ1n) is 6.11. The molecule has 0 spiro atoms. The van der Waals surface area contributed by atoms with Crippen LogP contribution in [0.1, 0.15) is 35.8 Å². The van der Waals surface area contributed by atoms with Gasteiger partial charge in [0.1, 0.15) is 0 Å². The van der Waals surface area contributed by atoms with E-state index >= 15 is 0 Å². The molecule has 1 aliphatic rings. The van der Waals surface area contributed by atoms with Gasteiger partial charge in [-0.05, 0) is 31.4 Å². The van der Waals surface area contributed by atoms with Crippen LogP contribution in [0.4, 0.5) is 5.69 Å². The van der Waals surface area contributed by atoms with E-state index in [-0.39, 0.29) is 5.91 Å². The highest BCUT2D eigenvalue weighted by molar-refractivity contribution is 6.02. The molecule has 2 aromatic rings. The van der Waals surface area contributed by atoms with E-state index in [4.69, 9.17) is 0 Å². The Balaban J connectivity index is 1.70. The van der Waals surface area contributed by atoms with Crippen molar-refractivity contribution in [2.24, 2.45) is 0 Å². The van der Waals surface area contributed by atoms with E-state index in [1.807, 2.05) is 30.3 Å². The van der Waals surface area contributed by atoms with Gasteiger partial charge in [-0.25, -0.2) is 4.68 Å². The molecule has 1 N–H and O–H groups in total. The van der Waals surface area contributed by atoms with Crippen molar-refractivity contribution in [3.8, 4) is 0 Å². The predicted octanol–water partition coefficient (Wildman–Crippen LogP) is 2.26. The van der Waals surface area contributed by atoms with Crippen molar-refractivity contribution in [1.82, 2.24) is 15.0 Å². The molecular weight excluding hydrogens is 228 g/mol. The molecule has 92 valence electrons. The van der Waals surface area contributed by atoms with Crippen molar-refractivity contribution < 1.29 is 4.79 Å². The average Bonchev–Trinajstić information content (AvgIpc) is 2.77. The number of nitrogens with zero attached hydrogens (tertiary/aromatic N) is 3. The number of rotatable bonds is 3. The lowest BCUT2D eigenvalue weighted by Crippen LogP contribution is -2.17. The third kappa shape index (κ3) is 2.11. The second-order valence-electron chi connectivity index (χ2n) is 4.49. The summed E-state index contributed by atoms with van der Waals surface area (Å²) in [6.45, 7) is 0. The van der Waals surface area contributed by atoms with Crippen molar-refractivity contribution in [3.63, 3.8) is 0 Å². The summed E-state index contributed by atoms with van der Waals surface area (Å²) in [6, 6.07) is 9.77. The number of benzene rings is 1. The number of para-hydroxylation sites is 1. The molecule has 3 rings (SSSR count). The Bertz CT molecular complexity index is 545. The van der Waals surface area contributed by atoms with Crippen LogP contribution in [-0.4, -0.2) is 20.9 Å². The fourth-order valence-electron chi connectivity index (χ4n) is 1.93. The van der Waals surface area contributed by atoms with Crippen molar-refractivity contribution in [1.29, 1.82) is 0 Å². The van der Waals surface area contributed by atoms with Gasteiger partial charge in [-0.1, -0.05) is 23.4 Å². The number of nitrogens with one attached hydrogen (secondary N) is 1. The van der Waals surface area contributed by atoms with Crippen LogP contribution in [0.25, 0.3) is 0 Å². The minimum atomic E-state index is -0.216. The number of hydrogen-bond donors (Lipinski definition) is 1. The first kappa shape index (κ1) is 11.0. The molecular formula is C13H14N4O. The van der Waals surface area contributed by atoms with Gasteiger partial charge in [0.25, 0.3) is 5.91 Å². The third-order valence-corrected chi connectivity index (χ3v) is 3.22. The van der Waals surface area contributed by atoms with Gasteiger partial charge in [0.2, 0.25) is 0 Å². The lowest BCUT2D eigenvalue weighted by atomic mass is 9.93. The standard InChI is InChI=1S/C13H14N4O/c18-13(14-10-5-2-1-3-6-10)12-9-17(16-15-12)11-7-4-8-11/h1-3,5-6,9,11H,4,7-8H2,(H,14,18). The Morgan fingerprint density at radius 1 is 1.28 bits per heavy atom. The topological polar surface area (TPSA) is 59.8 Å². The van der Waals surface area contributed by atoms with Crippen LogP contribution in [0.3, 0.4) is 0 Å². The minimum absolute atomic E-state index is 0.216. The van der Waals surface area contributed by atoms with Crippen LogP contribution in [-0.2, 0) is 0 Å². The Labute approximate surface area is 105 Å². The maximum absolute atomic E-state index is 11.9. The van der Waals surface area contributed by atoms with Gasteiger partial charge in [0, 0.05) is 5.69 Å². The van der Waals surface area contributed by atoms with E-state index in [1.54, 1.807) is 10.9 Å². The first-order valence-corrected chi connectivity index (χ1v) is 6.11. The largest absolute Gasteiger partial charge is 0.321 e. The van der Waals surface area contributed by atoms with E-state index in [9.17, 15) is 4.79 Å². The summed E-state index contributed by atoms with van der Waals surface area (Å²) >= 11 is 0. The summed E-state index contributed by atoms with van der Waals surface area (Å²) in [5, 5.41) is 10.7. The Morgan fingerprint density at radius 2 is 2.06 bits per heavy atom. The summed E-state index contributed by atoms with van der Waals surface area (Å²) < 4.78 is 1.80. The van der Waals surface area contributed by atoms with Crippen LogP contribution < -0.4 is 5.32 Å². The molecule has 1 saturated carbocycles. The zero-order chi connectivity index (χ0) is 12.4. The van der Waals surface area contributed by atoms with Gasteiger partial charge in [0.15, 0.2) is 5.69 Å². The molecule has 1 aromatic heterocycles. The molecule has 1 fully saturated rings. The van der Waals surface area contributed by atoms with Crippen LogP contribution >= 0.6 is 0 Å². The lowest BCUT2D eigenvalue weighted by molar-refractivity contribution is 0.102. The quantitative estimate of drug-likeness (QED) is 0.898. The number of carbonyl (C=O) groups excluding carboxylic acids is 1. The van der Waals surface area contributed by atoms with Gasteiger partial charge in [-0.3, -0.25) is 4.79 Å². The van der Waals surface area contributed by atoms with E-state index in [0.717, 1.165) is 18.5 Å². The molecule has 5 nitrogen and oxygen atoms in total. The predicted molar refractivity (Wildman–Crippen MR) is 67.3 cm³/mol. The van der Waals surface area contributed by atoms with Gasteiger partial charge < -0.3 is 5.32 Å². The molecule has 18 heavy (non-hydrogen) atoms. The minimum Gasteiger partial charge on any atom is -0.321 e.